The summed E-state index contributed by atoms with van der Waals surface area (Å²) >= 11 is 1.21. The number of hydrogen-bond acceptors (Lipinski definition) is 6. The van der Waals surface area contributed by atoms with Gasteiger partial charge in [0.15, 0.2) is 0 Å². The minimum Gasteiger partial charge on any atom is -0.495 e. The highest BCUT2D eigenvalue weighted by atomic mass is 32.2. The number of carbonyl (C=O) groups excluding carboxylic acids is 1. The van der Waals surface area contributed by atoms with Crippen molar-refractivity contribution in [2.45, 2.75) is 24.3 Å². The number of aromatic nitrogens is 2. The van der Waals surface area contributed by atoms with Gasteiger partial charge >= 0.3 is 0 Å². The van der Waals surface area contributed by atoms with Crippen LogP contribution in [0.5, 0.6) is 5.75 Å². The van der Waals surface area contributed by atoms with Gasteiger partial charge in [-0.05, 0) is 38.1 Å². The van der Waals surface area contributed by atoms with Gasteiger partial charge in [-0.3, -0.25) is 4.79 Å². The molecular weight excluding hydrogens is 350 g/mol. The number of ether oxygens (including phenoxy) is 1. The molecule has 7 heteroatoms. The fourth-order valence-electron chi connectivity index (χ4n) is 2.26. The highest BCUT2D eigenvalue weighted by Gasteiger charge is 2.20. The number of rotatable bonds is 6. The number of amides is 1. The molecule has 1 atom stereocenters. The third kappa shape index (κ3) is 4.23. The largest absolute Gasteiger partial charge is 0.495 e. The molecule has 0 radical (unpaired) electrons. The zero-order chi connectivity index (χ0) is 18.5. The van der Waals surface area contributed by atoms with E-state index in [4.69, 9.17) is 9.15 Å². The van der Waals surface area contributed by atoms with Gasteiger partial charge in [-0.25, -0.2) is 0 Å². The van der Waals surface area contributed by atoms with Crippen molar-refractivity contribution in [3.8, 4) is 17.2 Å². The molecule has 0 saturated carbocycles. The second-order valence-electron chi connectivity index (χ2n) is 5.69. The predicted octanol–water partition coefficient (Wildman–Crippen LogP) is 4.17. The van der Waals surface area contributed by atoms with E-state index in [1.54, 1.807) is 26.2 Å². The van der Waals surface area contributed by atoms with E-state index in [2.05, 4.69) is 15.5 Å². The molecule has 0 aliphatic rings. The van der Waals surface area contributed by atoms with E-state index in [0.717, 1.165) is 11.1 Å². The maximum absolute atomic E-state index is 12.4. The molecule has 26 heavy (non-hydrogen) atoms. The Morgan fingerprint density at radius 1 is 1.15 bits per heavy atom. The normalized spacial score (nSPS) is 11.8. The van der Waals surface area contributed by atoms with E-state index in [-0.39, 0.29) is 5.91 Å². The lowest BCUT2D eigenvalue weighted by atomic mass is 10.1. The molecule has 3 rings (SSSR count). The Morgan fingerprint density at radius 2 is 1.88 bits per heavy atom. The Hall–Kier alpha value is -2.80. The fraction of sp³-hybridized carbons (Fsp3) is 0.211. The number of carbonyl (C=O) groups is 1. The number of nitrogens with zero attached hydrogens (tertiary/aromatic N) is 2. The van der Waals surface area contributed by atoms with Gasteiger partial charge < -0.3 is 14.5 Å². The van der Waals surface area contributed by atoms with Crippen molar-refractivity contribution in [1.29, 1.82) is 0 Å². The number of thioether (sulfide) groups is 1. The molecule has 0 aliphatic heterocycles. The van der Waals surface area contributed by atoms with Crippen LogP contribution in [-0.4, -0.2) is 28.5 Å². The van der Waals surface area contributed by atoms with Crippen LogP contribution in [0.2, 0.25) is 0 Å². The molecule has 1 heterocycles. The smallest absolute Gasteiger partial charge is 0.277 e. The lowest BCUT2D eigenvalue weighted by molar-refractivity contribution is -0.115. The Bertz CT molecular complexity index is 893. The van der Waals surface area contributed by atoms with Gasteiger partial charge in [0.1, 0.15) is 5.75 Å². The summed E-state index contributed by atoms with van der Waals surface area (Å²) in [6.45, 7) is 3.80. The van der Waals surface area contributed by atoms with E-state index in [1.807, 2.05) is 43.3 Å². The fourth-order valence-corrected chi connectivity index (χ4v) is 2.94. The standard InChI is InChI=1S/C19H19N3O3S/c1-12-8-10-14(11-9-12)18-21-22-19(25-18)26-13(2)17(23)20-15-6-4-5-7-16(15)24-3/h4-11,13H,1-3H3,(H,20,23)/t13-/m1/s1. The summed E-state index contributed by atoms with van der Waals surface area (Å²) in [7, 11) is 1.56. The molecule has 134 valence electrons. The first-order chi connectivity index (χ1) is 12.6. The number of anilines is 1. The molecule has 3 aromatic rings. The maximum Gasteiger partial charge on any atom is 0.277 e. The van der Waals surface area contributed by atoms with Crippen LogP contribution in [0.4, 0.5) is 5.69 Å². The van der Waals surface area contributed by atoms with E-state index >= 15 is 0 Å². The van der Waals surface area contributed by atoms with Crippen LogP contribution in [-0.2, 0) is 4.79 Å². The summed E-state index contributed by atoms with van der Waals surface area (Å²) in [5, 5.41) is 10.9. The van der Waals surface area contributed by atoms with Gasteiger partial charge in [0.25, 0.3) is 5.22 Å². The summed E-state index contributed by atoms with van der Waals surface area (Å²) in [6, 6.07) is 15.1. The van der Waals surface area contributed by atoms with Crippen molar-refractivity contribution in [2.24, 2.45) is 0 Å². The van der Waals surface area contributed by atoms with Gasteiger partial charge in [0, 0.05) is 5.56 Å². The quantitative estimate of drug-likeness (QED) is 0.657. The summed E-state index contributed by atoms with van der Waals surface area (Å²) in [6.07, 6.45) is 0. The summed E-state index contributed by atoms with van der Waals surface area (Å²) in [5.74, 6) is 0.872. The van der Waals surface area contributed by atoms with Crippen LogP contribution in [0.1, 0.15) is 12.5 Å². The van der Waals surface area contributed by atoms with Crippen LogP contribution in [0.15, 0.2) is 58.2 Å². The van der Waals surface area contributed by atoms with Crippen molar-refractivity contribution < 1.29 is 13.9 Å². The van der Waals surface area contributed by atoms with Crippen LogP contribution < -0.4 is 10.1 Å². The Kier molecular flexibility index (Phi) is 5.58. The molecule has 6 nitrogen and oxygen atoms in total. The maximum atomic E-state index is 12.4. The highest BCUT2D eigenvalue weighted by molar-refractivity contribution is 8.00. The number of methoxy groups -OCH3 is 1. The van der Waals surface area contributed by atoms with Crippen molar-refractivity contribution in [3.63, 3.8) is 0 Å². The molecule has 0 fully saturated rings. The van der Waals surface area contributed by atoms with E-state index in [9.17, 15) is 4.79 Å². The molecule has 1 amide bonds. The molecule has 0 aliphatic carbocycles. The van der Waals surface area contributed by atoms with Gasteiger partial charge in [-0.2, -0.15) is 0 Å². The molecule has 1 aromatic heterocycles. The van der Waals surface area contributed by atoms with Crippen molar-refractivity contribution >= 4 is 23.4 Å². The molecule has 2 aromatic carbocycles. The summed E-state index contributed by atoms with van der Waals surface area (Å²) in [4.78, 5) is 12.4. The first-order valence-electron chi connectivity index (χ1n) is 8.08. The molecule has 0 bridgehead atoms. The number of hydrogen-bond donors (Lipinski definition) is 1. The number of benzene rings is 2. The van der Waals surface area contributed by atoms with Crippen LogP contribution >= 0.6 is 11.8 Å². The number of aryl methyl sites for hydroxylation is 1. The lowest BCUT2D eigenvalue weighted by Crippen LogP contribution is -2.22. The molecule has 0 unspecified atom stereocenters. The highest BCUT2D eigenvalue weighted by Crippen LogP contribution is 2.28. The predicted molar refractivity (Wildman–Crippen MR) is 101 cm³/mol. The van der Waals surface area contributed by atoms with Gasteiger partial charge in [0.05, 0.1) is 18.0 Å². The van der Waals surface area contributed by atoms with Crippen LogP contribution in [0, 0.1) is 6.92 Å². The van der Waals surface area contributed by atoms with Crippen molar-refractivity contribution in [3.05, 3.63) is 54.1 Å². The molecule has 1 N–H and O–H groups in total. The minimum atomic E-state index is -0.411. The van der Waals surface area contributed by atoms with Crippen molar-refractivity contribution in [1.82, 2.24) is 10.2 Å². The van der Waals surface area contributed by atoms with Gasteiger partial charge in [-0.15, -0.1) is 10.2 Å². The molecule has 0 spiro atoms. The summed E-state index contributed by atoms with van der Waals surface area (Å²) < 4.78 is 10.9. The van der Waals surface area contributed by atoms with E-state index < -0.39 is 5.25 Å². The third-order valence-electron chi connectivity index (χ3n) is 3.72. The average molecular weight is 369 g/mol. The van der Waals surface area contributed by atoms with E-state index in [0.29, 0.717) is 22.6 Å². The molecular formula is C19H19N3O3S. The van der Waals surface area contributed by atoms with Crippen LogP contribution in [0.25, 0.3) is 11.5 Å². The lowest BCUT2D eigenvalue weighted by Gasteiger charge is -2.12. The topological polar surface area (TPSA) is 77.2 Å². The summed E-state index contributed by atoms with van der Waals surface area (Å²) in [5.41, 5.74) is 2.63. The zero-order valence-corrected chi connectivity index (χ0v) is 15.5. The second kappa shape index (κ2) is 8.05. The monoisotopic (exact) mass is 369 g/mol. The Morgan fingerprint density at radius 3 is 2.62 bits per heavy atom. The Labute approximate surface area is 156 Å². The number of nitrogens with one attached hydrogen (secondary N) is 1. The van der Waals surface area contributed by atoms with Gasteiger partial charge in [0.2, 0.25) is 11.8 Å². The average Bonchev–Trinajstić information content (AvgIpc) is 3.11. The first-order valence-corrected chi connectivity index (χ1v) is 8.96. The number of para-hydroxylation sites is 2. The van der Waals surface area contributed by atoms with Crippen LogP contribution in [0.3, 0.4) is 0 Å². The second-order valence-corrected chi connectivity index (χ2v) is 6.98. The first kappa shape index (κ1) is 18.0. The van der Waals surface area contributed by atoms with Crippen molar-refractivity contribution in [2.75, 3.05) is 12.4 Å². The molecule has 0 saturated heterocycles. The van der Waals surface area contributed by atoms with E-state index in [1.165, 1.54) is 11.8 Å². The SMILES string of the molecule is COc1ccccc1NC(=O)[C@@H](C)Sc1nnc(-c2ccc(C)cc2)o1. The Balaban J connectivity index is 1.65. The van der Waals surface area contributed by atoms with Gasteiger partial charge in [-0.1, -0.05) is 41.6 Å². The zero-order valence-electron chi connectivity index (χ0n) is 14.7. The third-order valence-corrected chi connectivity index (χ3v) is 4.65. The minimum absolute atomic E-state index is 0.172.